The van der Waals surface area contributed by atoms with E-state index in [1.54, 1.807) is 18.6 Å². The molecule has 96 valence electrons. The minimum Gasteiger partial charge on any atom is -0.449 e. The molecule has 0 aromatic carbocycles. The second kappa shape index (κ2) is 7.42. The summed E-state index contributed by atoms with van der Waals surface area (Å²) in [6.45, 7) is 3.89. The molecule has 1 atom stereocenters. The standard InChI is InChI=1S/C8H19N3O4S/c1-3-15-8(12)11-16(13,14)10-7(2)5-4-6-9/h7,10H,3-6,9H2,1-2H3,(H,11,12). The Morgan fingerprint density at radius 1 is 1.50 bits per heavy atom. The van der Waals surface area contributed by atoms with Crippen LogP contribution in [0.5, 0.6) is 0 Å². The summed E-state index contributed by atoms with van der Waals surface area (Å²) < 4.78 is 31.1. The molecule has 7 nitrogen and oxygen atoms in total. The summed E-state index contributed by atoms with van der Waals surface area (Å²) >= 11 is 0. The van der Waals surface area contributed by atoms with E-state index in [4.69, 9.17) is 5.73 Å². The molecule has 0 bridgehead atoms. The van der Waals surface area contributed by atoms with Gasteiger partial charge >= 0.3 is 16.3 Å². The van der Waals surface area contributed by atoms with Crippen LogP contribution < -0.4 is 15.2 Å². The second-order valence-electron chi connectivity index (χ2n) is 3.28. The number of amides is 1. The maximum atomic E-state index is 11.3. The first-order valence-electron chi connectivity index (χ1n) is 5.08. The van der Waals surface area contributed by atoms with Crippen LogP contribution in [-0.4, -0.2) is 33.7 Å². The molecule has 0 radical (unpaired) electrons. The summed E-state index contributed by atoms with van der Waals surface area (Å²) in [6, 6.07) is -0.282. The number of nitrogens with two attached hydrogens (primary N) is 1. The summed E-state index contributed by atoms with van der Waals surface area (Å²) in [5, 5.41) is 0. The van der Waals surface area contributed by atoms with E-state index in [0.29, 0.717) is 19.4 Å². The third kappa shape index (κ3) is 7.43. The van der Waals surface area contributed by atoms with Gasteiger partial charge in [0.05, 0.1) is 6.61 Å². The fourth-order valence-corrected chi connectivity index (χ4v) is 2.03. The minimum atomic E-state index is -3.85. The maximum absolute atomic E-state index is 11.3. The van der Waals surface area contributed by atoms with Crippen LogP contribution in [0.2, 0.25) is 0 Å². The van der Waals surface area contributed by atoms with Crippen molar-refractivity contribution in [3.63, 3.8) is 0 Å². The molecule has 8 heteroatoms. The van der Waals surface area contributed by atoms with Gasteiger partial charge in [0.15, 0.2) is 0 Å². The van der Waals surface area contributed by atoms with E-state index in [9.17, 15) is 13.2 Å². The van der Waals surface area contributed by atoms with Gasteiger partial charge in [-0.25, -0.2) is 9.52 Å². The molecule has 16 heavy (non-hydrogen) atoms. The van der Waals surface area contributed by atoms with E-state index in [0.717, 1.165) is 0 Å². The van der Waals surface area contributed by atoms with Crippen LogP contribution in [0, 0.1) is 0 Å². The van der Waals surface area contributed by atoms with Crippen LogP contribution in [0.15, 0.2) is 0 Å². The molecule has 4 N–H and O–H groups in total. The molecule has 0 aromatic heterocycles. The molecule has 0 saturated heterocycles. The quantitative estimate of drug-likeness (QED) is 0.576. The summed E-state index contributed by atoms with van der Waals surface area (Å²) in [5.41, 5.74) is 5.29. The van der Waals surface area contributed by atoms with Crippen LogP contribution in [0.25, 0.3) is 0 Å². The highest BCUT2D eigenvalue weighted by Crippen LogP contribution is 1.96. The highest BCUT2D eigenvalue weighted by Gasteiger charge is 2.17. The van der Waals surface area contributed by atoms with Crippen LogP contribution >= 0.6 is 0 Å². The zero-order chi connectivity index (χ0) is 12.6. The lowest BCUT2D eigenvalue weighted by Crippen LogP contribution is -2.44. The Morgan fingerprint density at radius 3 is 2.62 bits per heavy atom. The topological polar surface area (TPSA) is 111 Å². The molecular weight excluding hydrogens is 234 g/mol. The monoisotopic (exact) mass is 253 g/mol. The Morgan fingerprint density at radius 2 is 2.12 bits per heavy atom. The smallest absolute Gasteiger partial charge is 0.421 e. The number of nitrogens with one attached hydrogen (secondary N) is 2. The predicted octanol–water partition coefficient (Wildman–Crippen LogP) is -0.306. The Labute approximate surface area is 95.9 Å². The van der Waals surface area contributed by atoms with E-state index >= 15 is 0 Å². The van der Waals surface area contributed by atoms with E-state index in [-0.39, 0.29) is 12.6 Å². The normalized spacial score (nSPS) is 13.2. The Kier molecular flexibility index (Phi) is 7.02. The van der Waals surface area contributed by atoms with Crippen molar-refractivity contribution >= 4 is 16.3 Å². The first-order chi connectivity index (χ1) is 7.41. The van der Waals surface area contributed by atoms with Gasteiger partial charge in [-0.3, -0.25) is 0 Å². The van der Waals surface area contributed by atoms with Crippen molar-refractivity contribution in [2.24, 2.45) is 5.73 Å². The molecule has 0 aliphatic rings. The van der Waals surface area contributed by atoms with Crippen LogP contribution in [0.3, 0.4) is 0 Å². The lowest BCUT2D eigenvalue weighted by Gasteiger charge is -2.13. The van der Waals surface area contributed by atoms with Crippen LogP contribution in [0.4, 0.5) is 4.79 Å². The maximum Gasteiger partial charge on any atom is 0.421 e. The number of hydrogen-bond acceptors (Lipinski definition) is 5. The second-order valence-corrected chi connectivity index (χ2v) is 4.72. The fourth-order valence-electron chi connectivity index (χ4n) is 1.05. The van der Waals surface area contributed by atoms with Gasteiger partial charge in [-0.2, -0.15) is 13.1 Å². The molecule has 0 aliphatic heterocycles. The Balaban J connectivity index is 4.09. The van der Waals surface area contributed by atoms with Gasteiger partial charge in [-0.1, -0.05) is 0 Å². The number of hydrogen-bond donors (Lipinski definition) is 3. The van der Waals surface area contributed by atoms with Crippen LogP contribution in [0.1, 0.15) is 26.7 Å². The molecule has 0 saturated carbocycles. The molecule has 1 amide bonds. The van der Waals surface area contributed by atoms with Crippen molar-refractivity contribution in [3.05, 3.63) is 0 Å². The van der Waals surface area contributed by atoms with Gasteiger partial charge in [0, 0.05) is 6.04 Å². The predicted molar refractivity (Wildman–Crippen MR) is 60.0 cm³/mol. The number of carbonyl (C=O) groups is 1. The first kappa shape index (κ1) is 15.1. The third-order valence-electron chi connectivity index (χ3n) is 1.69. The first-order valence-corrected chi connectivity index (χ1v) is 6.56. The highest BCUT2D eigenvalue weighted by atomic mass is 32.2. The van der Waals surface area contributed by atoms with Crippen molar-refractivity contribution in [1.82, 2.24) is 9.44 Å². The highest BCUT2D eigenvalue weighted by molar-refractivity contribution is 7.88. The molecular formula is C8H19N3O4S. The summed E-state index contributed by atoms with van der Waals surface area (Å²) in [6.07, 6.45) is 0.338. The van der Waals surface area contributed by atoms with Gasteiger partial charge in [-0.15, -0.1) is 0 Å². The summed E-state index contributed by atoms with van der Waals surface area (Å²) in [4.78, 5) is 10.9. The Bertz CT molecular complexity index is 304. The van der Waals surface area contributed by atoms with Crippen molar-refractivity contribution in [2.75, 3.05) is 13.2 Å². The van der Waals surface area contributed by atoms with Crippen molar-refractivity contribution < 1.29 is 17.9 Å². The number of carbonyl (C=O) groups excluding carboxylic acids is 1. The largest absolute Gasteiger partial charge is 0.449 e. The van der Waals surface area contributed by atoms with Crippen LogP contribution in [-0.2, 0) is 14.9 Å². The van der Waals surface area contributed by atoms with Crippen molar-refractivity contribution in [2.45, 2.75) is 32.7 Å². The minimum absolute atomic E-state index is 0.115. The molecule has 1 unspecified atom stereocenters. The van der Waals surface area contributed by atoms with E-state index in [2.05, 4.69) is 9.46 Å². The zero-order valence-electron chi connectivity index (χ0n) is 9.52. The lowest BCUT2D eigenvalue weighted by molar-refractivity contribution is 0.158. The average molecular weight is 253 g/mol. The fraction of sp³-hybridized carbons (Fsp3) is 0.875. The van der Waals surface area contributed by atoms with Crippen molar-refractivity contribution in [3.8, 4) is 0 Å². The zero-order valence-corrected chi connectivity index (χ0v) is 10.3. The number of ether oxygens (including phenoxy) is 1. The third-order valence-corrected chi connectivity index (χ3v) is 2.84. The average Bonchev–Trinajstić information content (AvgIpc) is 2.13. The molecule has 0 heterocycles. The molecule has 0 spiro atoms. The molecule has 0 fully saturated rings. The van der Waals surface area contributed by atoms with Gasteiger partial charge in [0.2, 0.25) is 0 Å². The molecule has 0 rings (SSSR count). The van der Waals surface area contributed by atoms with Gasteiger partial charge in [-0.05, 0) is 33.2 Å². The van der Waals surface area contributed by atoms with Gasteiger partial charge in [0.25, 0.3) is 0 Å². The summed E-state index contributed by atoms with van der Waals surface area (Å²) in [5.74, 6) is 0. The van der Waals surface area contributed by atoms with E-state index in [1.165, 1.54) is 0 Å². The van der Waals surface area contributed by atoms with E-state index < -0.39 is 16.3 Å². The lowest BCUT2D eigenvalue weighted by atomic mass is 10.2. The summed E-state index contributed by atoms with van der Waals surface area (Å²) in [7, 11) is -3.85. The molecule has 0 aromatic rings. The number of rotatable bonds is 7. The van der Waals surface area contributed by atoms with Crippen molar-refractivity contribution in [1.29, 1.82) is 0 Å². The van der Waals surface area contributed by atoms with Gasteiger partial charge < -0.3 is 10.5 Å². The Hall–Kier alpha value is -0.860. The molecule has 0 aliphatic carbocycles. The van der Waals surface area contributed by atoms with Gasteiger partial charge in [0.1, 0.15) is 0 Å². The SMILES string of the molecule is CCOC(=O)NS(=O)(=O)NC(C)CCCN. The van der Waals surface area contributed by atoms with E-state index in [1.807, 2.05) is 0 Å².